The Morgan fingerprint density at radius 2 is 2.07 bits per heavy atom. The molecule has 0 spiro atoms. The number of hydrogen-bond acceptors (Lipinski definition) is 2. The highest BCUT2D eigenvalue weighted by Crippen LogP contribution is 2.06. The monoisotopic (exact) mass is 217 g/mol. The second kappa shape index (κ2) is 4.41. The number of hydrogen-bond donors (Lipinski definition) is 0. The average molecular weight is 217 g/mol. The van der Waals surface area contributed by atoms with Gasteiger partial charge in [0.25, 0.3) is 0 Å². The van der Waals surface area contributed by atoms with Crippen LogP contribution in [0.1, 0.15) is 21.6 Å². The first-order valence-corrected chi connectivity index (χ1v) is 8.37. The summed E-state index contributed by atoms with van der Waals surface area (Å²) in [5.41, 5.74) is 5.50. The van der Waals surface area contributed by atoms with Crippen LogP contribution in [0.15, 0.2) is 12.3 Å². The number of carbonyl (C=O) groups excluding carboxylic acids is 1. The largest absolute Gasteiger partial charge is 0.298 e. The van der Waals surface area contributed by atoms with Crippen LogP contribution in [-0.4, -0.2) is 19.3 Å². The Hall–Kier alpha value is -1.40. The second-order valence-electron chi connectivity index (χ2n) is 4.53. The molecule has 0 saturated heterocycles. The lowest BCUT2D eigenvalue weighted by Gasteiger charge is -2.04. The van der Waals surface area contributed by atoms with Crippen molar-refractivity contribution in [3.05, 3.63) is 29.1 Å². The van der Waals surface area contributed by atoms with Crippen LogP contribution in [0.25, 0.3) is 0 Å². The van der Waals surface area contributed by atoms with E-state index in [0.29, 0.717) is 5.56 Å². The minimum atomic E-state index is -1.39. The molecule has 0 saturated carbocycles. The summed E-state index contributed by atoms with van der Waals surface area (Å²) in [5.74, 6) is 3.09. The zero-order chi connectivity index (χ0) is 11.5. The summed E-state index contributed by atoms with van der Waals surface area (Å²) in [5, 5.41) is 0. The van der Waals surface area contributed by atoms with E-state index in [1.54, 1.807) is 6.20 Å². The molecule has 3 heteroatoms. The summed E-state index contributed by atoms with van der Waals surface area (Å²) in [6.45, 7) is 8.42. The third-order valence-electron chi connectivity index (χ3n) is 1.77. The number of rotatable bonds is 1. The van der Waals surface area contributed by atoms with Crippen molar-refractivity contribution >= 4 is 14.4 Å². The van der Waals surface area contributed by atoms with Crippen LogP contribution in [0.5, 0.6) is 0 Å². The van der Waals surface area contributed by atoms with Crippen LogP contribution in [-0.2, 0) is 0 Å². The minimum Gasteiger partial charge on any atom is -0.298 e. The quantitative estimate of drug-likeness (QED) is 0.411. The maximum Gasteiger partial charge on any atom is 0.152 e. The van der Waals surface area contributed by atoms with Crippen molar-refractivity contribution in [3.8, 4) is 11.5 Å². The molecule has 0 radical (unpaired) electrons. The first-order chi connectivity index (χ1) is 6.92. The van der Waals surface area contributed by atoms with E-state index in [2.05, 4.69) is 36.1 Å². The van der Waals surface area contributed by atoms with Gasteiger partial charge in [-0.2, -0.15) is 0 Å². The van der Waals surface area contributed by atoms with Crippen molar-refractivity contribution in [1.29, 1.82) is 0 Å². The van der Waals surface area contributed by atoms with Gasteiger partial charge < -0.3 is 0 Å². The molecule has 0 N–H and O–H groups in total. The molecule has 0 amide bonds. The summed E-state index contributed by atoms with van der Waals surface area (Å²) in [4.78, 5) is 14.8. The lowest BCUT2D eigenvalue weighted by atomic mass is 10.1. The van der Waals surface area contributed by atoms with E-state index in [0.717, 1.165) is 17.5 Å². The molecule has 0 aromatic carbocycles. The molecule has 1 heterocycles. The van der Waals surface area contributed by atoms with Crippen LogP contribution >= 0.6 is 0 Å². The Balaban J connectivity index is 3.17. The van der Waals surface area contributed by atoms with Gasteiger partial charge in [0.15, 0.2) is 6.29 Å². The van der Waals surface area contributed by atoms with Crippen LogP contribution in [0.3, 0.4) is 0 Å². The first kappa shape index (κ1) is 11.7. The van der Waals surface area contributed by atoms with Crippen molar-refractivity contribution in [2.75, 3.05) is 0 Å². The average Bonchev–Trinajstić information content (AvgIpc) is 2.14. The Labute approximate surface area is 91.7 Å². The molecule has 78 valence electrons. The van der Waals surface area contributed by atoms with Crippen molar-refractivity contribution in [3.63, 3.8) is 0 Å². The van der Waals surface area contributed by atoms with Gasteiger partial charge in [0.1, 0.15) is 8.07 Å². The summed E-state index contributed by atoms with van der Waals surface area (Å²) < 4.78 is 0. The van der Waals surface area contributed by atoms with Crippen LogP contribution in [0.4, 0.5) is 0 Å². The van der Waals surface area contributed by atoms with Gasteiger partial charge in [0.2, 0.25) is 0 Å². The lowest BCUT2D eigenvalue weighted by molar-refractivity contribution is 0.112. The van der Waals surface area contributed by atoms with Gasteiger partial charge in [0, 0.05) is 23.0 Å². The molecule has 0 bridgehead atoms. The highest BCUT2D eigenvalue weighted by molar-refractivity contribution is 6.83. The third-order valence-corrected chi connectivity index (χ3v) is 2.65. The molecule has 1 aromatic rings. The highest BCUT2D eigenvalue weighted by atomic mass is 28.3. The molecule has 15 heavy (non-hydrogen) atoms. The Kier molecular flexibility index (Phi) is 3.43. The van der Waals surface area contributed by atoms with E-state index in [1.165, 1.54) is 0 Å². The van der Waals surface area contributed by atoms with Crippen molar-refractivity contribution in [1.82, 2.24) is 4.98 Å². The van der Waals surface area contributed by atoms with E-state index < -0.39 is 8.07 Å². The molecular weight excluding hydrogens is 202 g/mol. The van der Waals surface area contributed by atoms with E-state index in [-0.39, 0.29) is 0 Å². The molecule has 0 fully saturated rings. The lowest BCUT2D eigenvalue weighted by Crippen LogP contribution is -2.16. The molecular formula is C12H15NOSi. The van der Waals surface area contributed by atoms with Gasteiger partial charge in [-0.15, -0.1) is 5.54 Å². The summed E-state index contributed by atoms with van der Waals surface area (Å²) in [6, 6.07) is 1.86. The summed E-state index contributed by atoms with van der Waals surface area (Å²) in [7, 11) is -1.39. The van der Waals surface area contributed by atoms with Gasteiger partial charge in [-0.3, -0.25) is 9.78 Å². The smallest absolute Gasteiger partial charge is 0.152 e. The van der Waals surface area contributed by atoms with Crippen LogP contribution in [0.2, 0.25) is 19.6 Å². The summed E-state index contributed by atoms with van der Waals surface area (Å²) in [6.07, 6.45) is 2.39. The Morgan fingerprint density at radius 3 is 2.60 bits per heavy atom. The number of pyridine rings is 1. The van der Waals surface area contributed by atoms with E-state index in [1.807, 2.05) is 13.0 Å². The maximum absolute atomic E-state index is 10.8. The van der Waals surface area contributed by atoms with Crippen molar-refractivity contribution < 1.29 is 4.79 Å². The van der Waals surface area contributed by atoms with E-state index >= 15 is 0 Å². The number of carbonyl (C=O) groups is 1. The fraction of sp³-hybridized carbons (Fsp3) is 0.333. The minimum absolute atomic E-state index is 0.575. The number of aromatic nitrogens is 1. The standard InChI is InChI=1S/C12H15NOSi/c1-10-7-11(5-6-15(2,3)4)12(9-14)8-13-10/h7-9H,1-4H3. The molecule has 0 atom stereocenters. The number of aldehydes is 1. The highest BCUT2D eigenvalue weighted by Gasteiger charge is 2.08. The normalized spacial score (nSPS) is 10.4. The molecule has 2 nitrogen and oxygen atoms in total. The van der Waals surface area contributed by atoms with E-state index in [4.69, 9.17) is 0 Å². The molecule has 0 aliphatic carbocycles. The third kappa shape index (κ3) is 3.68. The van der Waals surface area contributed by atoms with Gasteiger partial charge in [-0.25, -0.2) is 0 Å². The fourth-order valence-electron chi connectivity index (χ4n) is 1.03. The van der Waals surface area contributed by atoms with Crippen molar-refractivity contribution in [2.24, 2.45) is 0 Å². The SMILES string of the molecule is Cc1cc(C#C[Si](C)(C)C)c(C=O)cn1. The van der Waals surface area contributed by atoms with Crippen molar-refractivity contribution in [2.45, 2.75) is 26.6 Å². The topological polar surface area (TPSA) is 30.0 Å². The molecule has 1 rings (SSSR count). The molecule has 0 unspecified atom stereocenters. The first-order valence-electron chi connectivity index (χ1n) is 4.87. The Morgan fingerprint density at radius 1 is 1.40 bits per heavy atom. The second-order valence-corrected chi connectivity index (χ2v) is 9.28. The number of aryl methyl sites for hydroxylation is 1. The zero-order valence-corrected chi connectivity index (χ0v) is 10.6. The predicted molar refractivity (Wildman–Crippen MR) is 64.6 cm³/mol. The Bertz CT molecular complexity index is 435. The van der Waals surface area contributed by atoms with E-state index in [9.17, 15) is 4.79 Å². The zero-order valence-electron chi connectivity index (χ0n) is 9.59. The van der Waals surface area contributed by atoms with Gasteiger partial charge in [-0.05, 0) is 13.0 Å². The fourth-order valence-corrected chi connectivity index (χ4v) is 1.54. The van der Waals surface area contributed by atoms with Gasteiger partial charge in [-0.1, -0.05) is 25.6 Å². The number of nitrogens with zero attached hydrogens (tertiary/aromatic N) is 1. The summed E-state index contributed by atoms with van der Waals surface area (Å²) >= 11 is 0. The molecule has 1 aromatic heterocycles. The van der Waals surface area contributed by atoms with Gasteiger partial charge in [0.05, 0.1) is 0 Å². The van der Waals surface area contributed by atoms with Gasteiger partial charge >= 0.3 is 0 Å². The maximum atomic E-state index is 10.8. The van der Waals surface area contributed by atoms with Crippen LogP contribution < -0.4 is 0 Å². The predicted octanol–water partition coefficient (Wildman–Crippen LogP) is 2.43. The molecule has 0 aliphatic heterocycles. The molecule has 0 aliphatic rings. The van der Waals surface area contributed by atoms with Crippen LogP contribution in [0, 0.1) is 18.4 Å².